The fourth-order valence-corrected chi connectivity index (χ4v) is 3.41. The molecule has 1 aliphatic heterocycles. The van der Waals surface area contributed by atoms with Gasteiger partial charge in [-0.15, -0.1) is 0 Å². The molecule has 1 atom stereocenters. The van der Waals surface area contributed by atoms with Crippen molar-refractivity contribution in [2.45, 2.75) is 51.5 Å². The molecule has 0 saturated carbocycles. The Kier molecular flexibility index (Phi) is 7.14. The van der Waals surface area contributed by atoms with E-state index in [1.807, 2.05) is 19.1 Å². The summed E-state index contributed by atoms with van der Waals surface area (Å²) >= 11 is 0. The van der Waals surface area contributed by atoms with Gasteiger partial charge in [0.1, 0.15) is 12.4 Å². The number of rotatable bonds is 9. The lowest BCUT2D eigenvalue weighted by molar-refractivity contribution is -0.143. The van der Waals surface area contributed by atoms with Crippen LogP contribution in [0.2, 0.25) is 0 Å². The Morgan fingerprint density at radius 3 is 2.74 bits per heavy atom. The fraction of sp³-hybridized carbons (Fsp3) is 0.435. The highest BCUT2D eigenvalue weighted by molar-refractivity contribution is 5.69. The van der Waals surface area contributed by atoms with E-state index in [1.54, 1.807) is 0 Å². The van der Waals surface area contributed by atoms with Crippen LogP contribution < -0.4 is 10.1 Å². The lowest BCUT2D eigenvalue weighted by Gasteiger charge is -2.27. The third kappa shape index (κ3) is 6.02. The van der Waals surface area contributed by atoms with Crippen molar-refractivity contribution in [1.29, 1.82) is 0 Å². The number of carbonyl (C=O) groups excluding carboxylic acids is 1. The molecule has 4 heteroatoms. The van der Waals surface area contributed by atoms with Gasteiger partial charge in [0.05, 0.1) is 12.6 Å². The monoisotopic (exact) mass is 367 g/mol. The zero-order valence-electron chi connectivity index (χ0n) is 16.1. The summed E-state index contributed by atoms with van der Waals surface area (Å²) in [6, 6.07) is 17.1. The maximum atomic E-state index is 11.3. The molecule has 0 radical (unpaired) electrons. The van der Waals surface area contributed by atoms with E-state index in [0.717, 1.165) is 37.9 Å². The maximum Gasteiger partial charge on any atom is 0.305 e. The fourth-order valence-electron chi connectivity index (χ4n) is 3.41. The average Bonchev–Trinajstić information content (AvgIpc) is 2.70. The second-order valence-electron chi connectivity index (χ2n) is 7.00. The normalized spacial score (nSPS) is 15.5. The Morgan fingerprint density at radius 1 is 1.11 bits per heavy atom. The van der Waals surface area contributed by atoms with Gasteiger partial charge in [-0.25, -0.2) is 0 Å². The van der Waals surface area contributed by atoms with Gasteiger partial charge in [-0.3, -0.25) is 4.79 Å². The maximum absolute atomic E-state index is 11.3. The van der Waals surface area contributed by atoms with Crippen LogP contribution >= 0.6 is 0 Å². The van der Waals surface area contributed by atoms with Crippen molar-refractivity contribution in [2.75, 3.05) is 18.5 Å². The number of hydrogen-bond donors (Lipinski definition) is 1. The number of esters is 1. The highest BCUT2D eigenvalue weighted by atomic mass is 16.5. The third-order valence-electron chi connectivity index (χ3n) is 4.92. The summed E-state index contributed by atoms with van der Waals surface area (Å²) < 4.78 is 10.9. The lowest BCUT2D eigenvalue weighted by Crippen LogP contribution is -2.31. The molecule has 1 N–H and O–H groups in total. The van der Waals surface area contributed by atoms with Gasteiger partial charge in [-0.05, 0) is 68.4 Å². The molecule has 4 nitrogen and oxygen atoms in total. The van der Waals surface area contributed by atoms with Crippen molar-refractivity contribution >= 4 is 11.7 Å². The van der Waals surface area contributed by atoms with Gasteiger partial charge in [-0.1, -0.05) is 30.3 Å². The van der Waals surface area contributed by atoms with Gasteiger partial charge < -0.3 is 14.8 Å². The molecule has 0 saturated heterocycles. The topological polar surface area (TPSA) is 47.6 Å². The zero-order chi connectivity index (χ0) is 18.9. The molecule has 1 unspecified atom stereocenters. The van der Waals surface area contributed by atoms with E-state index < -0.39 is 0 Å². The average molecular weight is 367 g/mol. The van der Waals surface area contributed by atoms with E-state index in [1.165, 1.54) is 16.8 Å². The predicted molar refractivity (Wildman–Crippen MR) is 108 cm³/mol. The minimum Gasteiger partial charge on any atom is -0.491 e. The van der Waals surface area contributed by atoms with Gasteiger partial charge >= 0.3 is 5.97 Å². The molecule has 1 heterocycles. The number of para-hydroxylation sites is 1. The predicted octanol–water partition coefficient (Wildman–Crippen LogP) is 4.77. The van der Waals surface area contributed by atoms with E-state index in [9.17, 15) is 4.79 Å². The van der Waals surface area contributed by atoms with Crippen LogP contribution in [0, 0.1) is 0 Å². The number of benzene rings is 2. The third-order valence-corrected chi connectivity index (χ3v) is 4.92. The van der Waals surface area contributed by atoms with Crippen molar-refractivity contribution in [3.63, 3.8) is 0 Å². The van der Waals surface area contributed by atoms with Crippen molar-refractivity contribution in [3.05, 3.63) is 59.7 Å². The Balaban J connectivity index is 1.38. The Labute approximate surface area is 161 Å². The summed E-state index contributed by atoms with van der Waals surface area (Å²) in [6.07, 6.45) is 5.53. The summed E-state index contributed by atoms with van der Waals surface area (Å²) in [5.41, 5.74) is 3.90. The second-order valence-corrected chi connectivity index (χ2v) is 7.00. The summed E-state index contributed by atoms with van der Waals surface area (Å²) in [4.78, 5) is 11.3. The first-order valence-electron chi connectivity index (χ1n) is 9.96. The number of carbonyl (C=O) groups is 1. The van der Waals surface area contributed by atoms with Gasteiger partial charge in [-0.2, -0.15) is 0 Å². The molecule has 27 heavy (non-hydrogen) atoms. The number of anilines is 1. The molecule has 3 rings (SSSR count). The van der Waals surface area contributed by atoms with Crippen LogP contribution in [0.3, 0.4) is 0 Å². The van der Waals surface area contributed by atoms with Crippen LogP contribution in [0.1, 0.15) is 43.7 Å². The molecule has 2 aromatic rings. The van der Waals surface area contributed by atoms with Gasteiger partial charge in [0.15, 0.2) is 0 Å². The quantitative estimate of drug-likeness (QED) is 0.512. The molecule has 0 fully saturated rings. The molecule has 2 aromatic carbocycles. The van der Waals surface area contributed by atoms with Crippen LogP contribution in [-0.4, -0.2) is 25.2 Å². The van der Waals surface area contributed by atoms with Crippen LogP contribution in [0.5, 0.6) is 5.75 Å². The SMILES string of the molecule is CCOC(=O)CCCCc1ccc(OCC2CCc3ccccc3N2)cc1. The van der Waals surface area contributed by atoms with Crippen molar-refractivity contribution in [2.24, 2.45) is 0 Å². The lowest BCUT2D eigenvalue weighted by atomic mass is 9.99. The molecule has 1 aliphatic rings. The van der Waals surface area contributed by atoms with Gasteiger partial charge in [0.25, 0.3) is 0 Å². The summed E-state index contributed by atoms with van der Waals surface area (Å²) in [6.45, 7) is 2.97. The number of nitrogens with one attached hydrogen (secondary N) is 1. The molecule has 0 spiro atoms. The highest BCUT2D eigenvalue weighted by Gasteiger charge is 2.17. The zero-order valence-corrected chi connectivity index (χ0v) is 16.1. The van der Waals surface area contributed by atoms with Gasteiger partial charge in [0, 0.05) is 12.1 Å². The van der Waals surface area contributed by atoms with Crippen molar-refractivity contribution in [1.82, 2.24) is 0 Å². The van der Waals surface area contributed by atoms with Crippen LogP contribution in [0.15, 0.2) is 48.5 Å². The molecule has 0 bridgehead atoms. The van der Waals surface area contributed by atoms with Crippen LogP contribution in [0.25, 0.3) is 0 Å². The molecule has 0 aromatic heterocycles. The van der Waals surface area contributed by atoms with Crippen molar-refractivity contribution in [3.8, 4) is 5.75 Å². The molecular formula is C23H29NO3. The highest BCUT2D eigenvalue weighted by Crippen LogP contribution is 2.25. The van der Waals surface area contributed by atoms with Crippen LogP contribution in [-0.2, 0) is 22.4 Å². The summed E-state index contributed by atoms with van der Waals surface area (Å²) in [7, 11) is 0. The first-order valence-corrected chi connectivity index (χ1v) is 9.96. The number of unbranched alkanes of at least 4 members (excludes halogenated alkanes) is 1. The van der Waals surface area contributed by atoms with E-state index in [4.69, 9.17) is 9.47 Å². The van der Waals surface area contributed by atoms with E-state index >= 15 is 0 Å². The minimum absolute atomic E-state index is 0.0970. The Morgan fingerprint density at radius 2 is 1.93 bits per heavy atom. The molecular weight excluding hydrogens is 338 g/mol. The Hall–Kier alpha value is -2.49. The number of fused-ring (bicyclic) bond motifs is 1. The number of ether oxygens (including phenoxy) is 2. The minimum atomic E-state index is -0.0970. The second kappa shape index (κ2) is 10.0. The smallest absolute Gasteiger partial charge is 0.305 e. The van der Waals surface area contributed by atoms with Crippen molar-refractivity contribution < 1.29 is 14.3 Å². The molecule has 0 aliphatic carbocycles. The van der Waals surface area contributed by atoms with E-state index in [0.29, 0.717) is 25.7 Å². The first-order chi connectivity index (χ1) is 13.2. The standard InChI is InChI=1S/C23H29NO3/c1-2-26-23(25)10-6-3-7-18-11-15-21(16-12-18)27-17-20-14-13-19-8-4-5-9-22(19)24-20/h4-5,8-9,11-12,15-16,20,24H,2-3,6-7,10,13-14,17H2,1H3. The first kappa shape index (κ1) is 19.3. The van der Waals surface area contributed by atoms with E-state index in [2.05, 4.69) is 41.7 Å². The largest absolute Gasteiger partial charge is 0.491 e. The summed E-state index contributed by atoms with van der Waals surface area (Å²) in [5.74, 6) is 0.811. The molecule has 144 valence electrons. The van der Waals surface area contributed by atoms with Crippen LogP contribution in [0.4, 0.5) is 5.69 Å². The number of hydrogen-bond acceptors (Lipinski definition) is 4. The van der Waals surface area contributed by atoms with Gasteiger partial charge in [0.2, 0.25) is 0 Å². The number of aryl methyl sites for hydroxylation is 2. The molecule has 0 amide bonds. The summed E-state index contributed by atoms with van der Waals surface area (Å²) in [5, 5.41) is 3.57. The Bertz CT molecular complexity index is 727. The van der Waals surface area contributed by atoms with E-state index in [-0.39, 0.29) is 5.97 Å².